The third kappa shape index (κ3) is 16.2. The number of hydrogen-bond donors (Lipinski definition) is 2. The number of aromatic nitrogens is 10. The number of fused-ring (bicyclic) bond motifs is 2. The summed E-state index contributed by atoms with van der Waals surface area (Å²) in [6, 6.07) is 19.6. The van der Waals surface area contributed by atoms with E-state index in [2.05, 4.69) is 59.2 Å². The molecule has 8 aromatic heterocycles. The Bertz CT molecular complexity index is 3530. The summed E-state index contributed by atoms with van der Waals surface area (Å²) in [6.07, 6.45) is 7.85. The van der Waals surface area contributed by atoms with Crippen LogP contribution in [0.25, 0.3) is 44.8 Å². The standard InChI is InChI=1S/C33H43N5O6Si.C26H31N5O4Si/c1-9-43-31(40)27-20-25-26(38(27)32(41)44-33(3,4)5)12-11-24(35-25)29-22(2)37(21-42-18-19-45(6,7)8)30(36-29)28(39)13-10-23-14-16-34-17-15-23;1-17-24(20-7-6-19-21(29-20)15-22(28-19)26(33)34)30-25(31(17)16-35-13-14-36(2,3)4)23(32)8-5-18-9-11-27-12-10-18/h11-12,14-17,20H,9-10,13,18-19,21H2,1-8H3;6-7,9-12,15,28H,5,8,13-14,16H2,1-4H3,(H,33,34). The van der Waals surface area contributed by atoms with Crippen LogP contribution in [0.4, 0.5) is 4.79 Å². The Balaban J connectivity index is 0.000000239. The number of aryl methyl sites for hydroxylation is 2. The number of carbonyl (C=O) groups excluding carboxylic acids is 4. The summed E-state index contributed by atoms with van der Waals surface area (Å²) in [5.41, 5.74) is 6.90. The fourth-order valence-electron chi connectivity index (χ4n) is 8.53. The van der Waals surface area contributed by atoms with Crippen LogP contribution in [0.15, 0.2) is 85.5 Å². The first-order valence-electron chi connectivity index (χ1n) is 27.1. The van der Waals surface area contributed by atoms with Gasteiger partial charge in [-0.3, -0.25) is 19.6 Å². The number of esters is 1. The van der Waals surface area contributed by atoms with Crippen LogP contribution in [0.5, 0.6) is 0 Å². The molecule has 0 unspecified atom stereocenters. The van der Waals surface area contributed by atoms with Gasteiger partial charge in [0.25, 0.3) is 0 Å². The summed E-state index contributed by atoms with van der Waals surface area (Å²) in [6.45, 7) is 26.2. The summed E-state index contributed by atoms with van der Waals surface area (Å²) in [4.78, 5) is 94.0. The molecule has 2 N–H and O–H groups in total. The Labute approximate surface area is 473 Å². The molecule has 0 radical (unpaired) electrons. The van der Waals surface area contributed by atoms with Gasteiger partial charge in [-0.2, -0.15) is 0 Å². The van der Waals surface area contributed by atoms with Crippen LogP contribution in [-0.2, 0) is 45.3 Å². The van der Waals surface area contributed by atoms with Crippen molar-refractivity contribution in [2.45, 2.75) is 138 Å². The van der Waals surface area contributed by atoms with Crippen LogP contribution in [0.3, 0.4) is 0 Å². The van der Waals surface area contributed by atoms with E-state index in [1.54, 1.807) is 81.3 Å². The van der Waals surface area contributed by atoms with Crippen LogP contribution in [0.2, 0.25) is 51.4 Å². The average Bonchev–Trinajstić information content (AvgIpc) is 4.22. The predicted octanol–water partition coefficient (Wildman–Crippen LogP) is 11.6. The zero-order valence-electron chi connectivity index (χ0n) is 48.5. The molecule has 22 heteroatoms. The monoisotopic (exact) mass is 1140 g/mol. The molecule has 0 aliphatic heterocycles. The summed E-state index contributed by atoms with van der Waals surface area (Å²) >= 11 is 0. The molecule has 81 heavy (non-hydrogen) atoms. The minimum Gasteiger partial charge on any atom is -0.477 e. The SMILES string of the molecule is CCOC(=O)c1cc2nc(-c3nc(C(=O)CCc4ccncc4)n(COCC[Si](C)(C)C)c3C)ccc2n1C(=O)OC(C)(C)C.Cc1c(-c2ccc3[nH]c(C(=O)O)cc3n2)nc(C(=O)CCc2ccncc2)n1COCC[Si](C)(C)C. The topological polar surface area (TPSA) is 250 Å². The molecule has 0 amide bonds. The lowest BCUT2D eigenvalue weighted by atomic mass is 10.1. The molecule has 8 rings (SSSR count). The maximum Gasteiger partial charge on any atom is 0.419 e. The number of pyridine rings is 4. The molecular formula is C59H74N10O10Si2. The molecule has 0 atom stereocenters. The zero-order chi connectivity index (χ0) is 58.8. The number of aromatic amines is 1. The van der Waals surface area contributed by atoms with Crippen molar-refractivity contribution in [2.24, 2.45) is 0 Å². The molecule has 0 saturated heterocycles. The lowest BCUT2D eigenvalue weighted by Crippen LogP contribution is -2.29. The highest BCUT2D eigenvalue weighted by atomic mass is 28.3. The lowest BCUT2D eigenvalue weighted by Gasteiger charge is -2.20. The van der Waals surface area contributed by atoms with Crippen LogP contribution >= 0.6 is 0 Å². The van der Waals surface area contributed by atoms with Crippen LogP contribution in [0.1, 0.15) is 105 Å². The predicted molar refractivity (Wildman–Crippen MR) is 314 cm³/mol. The van der Waals surface area contributed by atoms with Gasteiger partial charge in [0.15, 0.2) is 23.2 Å². The number of hydrogen-bond acceptors (Lipinski definition) is 15. The molecule has 0 spiro atoms. The molecule has 0 aliphatic rings. The van der Waals surface area contributed by atoms with Gasteiger partial charge in [0.2, 0.25) is 0 Å². The first kappa shape index (κ1) is 60.8. The second-order valence-corrected chi connectivity index (χ2v) is 34.4. The van der Waals surface area contributed by atoms with E-state index in [0.29, 0.717) is 89.0 Å². The fourth-order valence-corrected chi connectivity index (χ4v) is 10.0. The minimum atomic E-state index is -1.31. The van der Waals surface area contributed by atoms with E-state index in [4.69, 9.17) is 33.9 Å². The minimum absolute atomic E-state index is 0.00998. The molecule has 20 nitrogen and oxygen atoms in total. The molecule has 0 fully saturated rings. The van der Waals surface area contributed by atoms with Crippen molar-refractivity contribution in [3.05, 3.63) is 131 Å². The third-order valence-corrected chi connectivity index (χ3v) is 16.5. The zero-order valence-corrected chi connectivity index (χ0v) is 50.5. The molecule has 0 aromatic carbocycles. The van der Waals surface area contributed by atoms with Crippen molar-refractivity contribution in [3.8, 4) is 22.8 Å². The third-order valence-electron chi connectivity index (χ3n) is 13.1. The van der Waals surface area contributed by atoms with Gasteiger partial charge in [-0.05, 0) is 138 Å². The number of ether oxygens (including phenoxy) is 4. The number of carboxylic acids is 1. The van der Waals surface area contributed by atoms with Crippen molar-refractivity contribution in [3.63, 3.8) is 0 Å². The number of Topliss-reactive ketones (excluding diaryl/α,β-unsaturated/α-hetero) is 2. The number of nitrogens with one attached hydrogen (secondary N) is 1. The highest BCUT2D eigenvalue weighted by Crippen LogP contribution is 2.30. The molecule has 8 heterocycles. The number of ketones is 2. The van der Waals surface area contributed by atoms with Crippen LogP contribution in [-0.4, -0.2) is 125 Å². The molecular weight excluding hydrogens is 1060 g/mol. The summed E-state index contributed by atoms with van der Waals surface area (Å²) in [7, 11) is -2.56. The summed E-state index contributed by atoms with van der Waals surface area (Å²) in [5.74, 6) is -1.27. The second-order valence-electron chi connectivity index (χ2n) is 23.1. The van der Waals surface area contributed by atoms with Crippen molar-refractivity contribution in [2.75, 3.05) is 19.8 Å². The number of H-pyrrole nitrogens is 1. The Kier molecular flexibility index (Phi) is 19.7. The number of nitrogens with zero attached hydrogens (tertiary/aromatic N) is 9. The van der Waals surface area contributed by atoms with Crippen LogP contribution < -0.4 is 0 Å². The second kappa shape index (κ2) is 26.2. The van der Waals surface area contributed by atoms with Crippen molar-refractivity contribution in [1.29, 1.82) is 0 Å². The van der Waals surface area contributed by atoms with E-state index in [1.165, 1.54) is 16.7 Å². The van der Waals surface area contributed by atoms with E-state index < -0.39 is 39.8 Å². The number of imidazole rings is 2. The normalized spacial score (nSPS) is 11.9. The van der Waals surface area contributed by atoms with Gasteiger partial charge >= 0.3 is 18.0 Å². The molecule has 0 saturated carbocycles. The van der Waals surface area contributed by atoms with Crippen molar-refractivity contribution < 1.29 is 48.0 Å². The van der Waals surface area contributed by atoms with Gasteiger partial charge in [-0.1, -0.05) is 39.3 Å². The quantitative estimate of drug-likeness (QED) is 0.0261. The number of carboxylic acid groups (broad SMARTS) is 1. The Hall–Kier alpha value is -7.80. The molecule has 0 bridgehead atoms. The largest absolute Gasteiger partial charge is 0.477 e. The van der Waals surface area contributed by atoms with Gasteiger partial charge < -0.3 is 38.2 Å². The smallest absolute Gasteiger partial charge is 0.419 e. The van der Waals surface area contributed by atoms with Crippen LogP contribution in [0, 0.1) is 13.8 Å². The van der Waals surface area contributed by atoms with E-state index in [-0.39, 0.29) is 49.4 Å². The number of carbonyl (C=O) groups is 5. The molecule has 8 aromatic rings. The maximum absolute atomic E-state index is 13.5. The maximum atomic E-state index is 13.5. The van der Waals surface area contributed by atoms with Crippen molar-refractivity contribution in [1.82, 2.24) is 48.6 Å². The summed E-state index contributed by atoms with van der Waals surface area (Å²) in [5, 5.41) is 9.28. The number of rotatable bonds is 23. The van der Waals surface area contributed by atoms with E-state index in [0.717, 1.165) is 34.6 Å². The summed E-state index contributed by atoms with van der Waals surface area (Å²) < 4.78 is 27.6. The van der Waals surface area contributed by atoms with Gasteiger partial charge in [0.05, 0.1) is 40.1 Å². The van der Waals surface area contributed by atoms with E-state index in [1.807, 2.05) is 42.7 Å². The fraction of sp³-hybridized carbons (Fsp3) is 0.407. The van der Waals surface area contributed by atoms with Gasteiger partial charge in [-0.15, -0.1) is 0 Å². The van der Waals surface area contributed by atoms with Crippen molar-refractivity contribution >= 4 is 67.8 Å². The average molecular weight is 1140 g/mol. The molecule has 0 aliphatic carbocycles. The Morgan fingerprint density at radius 1 is 0.642 bits per heavy atom. The Morgan fingerprint density at radius 2 is 1.12 bits per heavy atom. The lowest BCUT2D eigenvalue weighted by molar-refractivity contribution is 0.0454. The van der Waals surface area contributed by atoms with Gasteiger partial charge in [-0.25, -0.2) is 38.9 Å². The van der Waals surface area contributed by atoms with E-state index in [9.17, 15) is 29.1 Å². The first-order valence-corrected chi connectivity index (χ1v) is 34.5. The highest BCUT2D eigenvalue weighted by Gasteiger charge is 2.29. The van der Waals surface area contributed by atoms with Gasteiger partial charge in [0, 0.05) is 78.4 Å². The molecule has 428 valence electrons. The Morgan fingerprint density at radius 3 is 1.58 bits per heavy atom. The van der Waals surface area contributed by atoms with Gasteiger partial charge in [0.1, 0.15) is 41.8 Å². The first-order chi connectivity index (χ1) is 38.3. The highest BCUT2D eigenvalue weighted by molar-refractivity contribution is 6.76. The number of aromatic carboxylic acids is 1. The van der Waals surface area contributed by atoms with E-state index >= 15 is 0 Å².